The van der Waals surface area contributed by atoms with Crippen LogP contribution in [0.1, 0.15) is 24.4 Å². The van der Waals surface area contributed by atoms with Gasteiger partial charge in [-0.1, -0.05) is 12.1 Å². The molecule has 18 heavy (non-hydrogen) atoms. The highest BCUT2D eigenvalue weighted by Gasteiger charge is 2.17. The Bertz CT molecular complexity index is 415. The van der Waals surface area contributed by atoms with Crippen molar-refractivity contribution in [1.29, 1.82) is 0 Å². The predicted octanol–water partition coefficient (Wildman–Crippen LogP) is 1.33. The number of carbonyl (C=O) groups is 1. The second kappa shape index (κ2) is 5.84. The van der Waals surface area contributed by atoms with Crippen LogP contribution in [0.25, 0.3) is 0 Å². The average Bonchev–Trinajstić information content (AvgIpc) is 2.39. The fourth-order valence-corrected chi connectivity index (χ4v) is 1.91. The maximum atomic E-state index is 10.8. The summed E-state index contributed by atoms with van der Waals surface area (Å²) in [6.45, 7) is 1.41. The molecule has 1 aliphatic heterocycles. The Labute approximate surface area is 106 Å². The van der Waals surface area contributed by atoms with Crippen LogP contribution < -0.4 is 10.5 Å². The van der Waals surface area contributed by atoms with E-state index in [0.29, 0.717) is 24.5 Å². The number of carboxylic acids is 1. The highest BCUT2D eigenvalue weighted by atomic mass is 16.5. The van der Waals surface area contributed by atoms with E-state index in [9.17, 15) is 4.79 Å². The Morgan fingerprint density at radius 2 is 2.17 bits per heavy atom. The van der Waals surface area contributed by atoms with E-state index in [4.69, 9.17) is 20.3 Å². The Morgan fingerprint density at radius 3 is 2.83 bits per heavy atom. The lowest BCUT2D eigenvalue weighted by Crippen LogP contribution is -2.26. The number of benzene rings is 1. The highest BCUT2D eigenvalue weighted by Crippen LogP contribution is 2.21. The minimum Gasteiger partial charge on any atom is -0.490 e. The van der Waals surface area contributed by atoms with Crippen molar-refractivity contribution in [3.05, 3.63) is 29.8 Å². The topological polar surface area (TPSA) is 81.8 Å². The van der Waals surface area contributed by atoms with Crippen LogP contribution in [-0.2, 0) is 9.53 Å². The molecule has 0 saturated carbocycles. The summed E-state index contributed by atoms with van der Waals surface area (Å²) in [7, 11) is 0. The van der Waals surface area contributed by atoms with Gasteiger partial charge in [-0.15, -0.1) is 0 Å². The lowest BCUT2D eigenvalue weighted by Gasteiger charge is -2.23. The molecule has 0 bridgehead atoms. The number of hydrogen-bond acceptors (Lipinski definition) is 4. The van der Waals surface area contributed by atoms with Gasteiger partial charge in [0.05, 0.1) is 13.2 Å². The van der Waals surface area contributed by atoms with E-state index in [1.165, 1.54) is 0 Å². The summed E-state index contributed by atoms with van der Waals surface area (Å²) in [4.78, 5) is 10.8. The first-order chi connectivity index (χ1) is 8.66. The van der Waals surface area contributed by atoms with Crippen molar-refractivity contribution in [1.82, 2.24) is 0 Å². The summed E-state index contributed by atoms with van der Waals surface area (Å²) in [5, 5.41) is 8.87. The molecule has 2 rings (SSSR count). The lowest BCUT2D eigenvalue weighted by atomic mass is 10.1. The molecule has 1 heterocycles. The number of hydrogen-bond donors (Lipinski definition) is 2. The van der Waals surface area contributed by atoms with Crippen molar-refractivity contribution < 1.29 is 19.4 Å². The Kier molecular flexibility index (Phi) is 4.17. The maximum Gasteiger partial charge on any atom is 0.325 e. The van der Waals surface area contributed by atoms with Crippen molar-refractivity contribution in [2.45, 2.75) is 25.0 Å². The Balaban J connectivity index is 2.04. The molecule has 1 atom stereocenters. The first-order valence-corrected chi connectivity index (χ1v) is 5.99. The summed E-state index contributed by atoms with van der Waals surface area (Å²) in [6, 6.07) is 5.94. The third kappa shape index (κ3) is 3.21. The Morgan fingerprint density at radius 1 is 1.44 bits per heavy atom. The zero-order valence-corrected chi connectivity index (χ0v) is 10.0. The zero-order valence-electron chi connectivity index (χ0n) is 10.0. The van der Waals surface area contributed by atoms with E-state index >= 15 is 0 Å². The summed E-state index contributed by atoms with van der Waals surface area (Å²) in [6.07, 6.45) is 1.85. The van der Waals surface area contributed by atoms with Crippen LogP contribution in [-0.4, -0.2) is 30.4 Å². The first-order valence-electron chi connectivity index (χ1n) is 5.99. The van der Waals surface area contributed by atoms with E-state index in [1.54, 1.807) is 18.2 Å². The monoisotopic (exact) mass is 251 g/mol. The van der Waals surface area contributed by atoms with Gasteiger partial charge in [0.2, 0.25) is 0 Å². The molecule has 0 spiro atoms. The van der Waals surface area contributed by atoms with Crippen LogP contribution >= 0.6 is 0 Å². The highest BCUT2D eigenvalue weighted by molar-refractivity contribution is 5.75. The molecule has 0 aromatic heterocycles. The fraction of sp³-hybridized carbons (Fsp3) is 0.462. The lowest BCUT2D eigenvalue weighted by molar-refractivity contribution is -0.138. The van der Waals surface area contributed by atoms with Crippen LogP contribution in [0.3, 0.4) is 0 Å². The molecule has 3 N–H and O–H groups in total. The van der Waals surface area contributed by atoms with Crippen molar-refractivity contribution >= 4 is 5.97 Å². The number of carboxylic acid groups (broad SMARTS) is 1. The molecule has 1 aromatic rings. The minimum atomic E-state index is -1.04. The number of nitrogens with two attached hydrogens (primary N) is 1. The van der Waals surface area contributed by atoms with Gasteiger partial charge in [0.15, 0.2) is 0 Å². The molecule has 1 saturated heterocycles. The molecule has 0 aliphatic carbocycles. The van der Waals surface area contributed by atoms with Crippen LogP contribution in [0.4, 0.5) is 0 Å². The van der Waals surface area contributed by atoms with Crippen LogP contribution in [0.15, 0.2) is 24.3 Å². The molecule has 1 aliphatic rings. The average molecular weight is 251 g/mol. The van der Waals surface area contributed by atoms with E-state index in [1.807, 2.05) is 6.07 Å². The third-order valence-electron chi connectivity index (χ3n) is 2.95. The zero-order chi connectivity index (χ0) is 13.0. The van der Waals surface area contributed by atoms with Crippen LogP contribution in [0.2, 0.25) is 0 Å². The molecule has 1 fully saturated rings. The van der Waals surface area contributed by atoms with Gasteiger partial charge in [0.25, 0.3) is 0 Å². The molecular weight excluding hydrogens is 234 g/mol. The largest absolute Gasteiger partial charge is 0.490 e. The molecule has 0 radical (unpaired) electrons. The van der Waals surface area contributed by atoms with E-state index < -0.39 is 12.0 Å². The number of ether oxygens (including phenoxy) is 2. The van der Waals surface area contributed by atoms with Crippen molar-refractivity contribution in [2.75, 3.05) is 13.2 Å². The standard InChI is InChI=1S/C13H17NO4/c14-12(13(15)16)9-2-1-3-11(8-9)18-10-4-6-17-7-5-10/h1-3,8,10,12H,4-7,14H2,(H,15,16). The van der Waals surface area contributed by atoms with Gasteiger partial charge in [0.1, 0.15) is 17.9 Å². The number of aliphatic carboxylic acids is 1. The third-order valence-corrected chi connectivity index (χ3v) is 2.95. The molecule has 98 valence electrons. The van der Waals surface area contributed by atoms with E-state index in [-0.39, 0.29) is 6.10 Å². The molecule has 0 amide bonds. The maximum absolute atomic E-state index is 10.8. The second-order valence-electron chi connectivity index (χ2n) is 4.32. The molecule has 5 nitrogen and oxygen atoms in total. The normalized spacial score (nSPS) is 18.3. The van der Waals surface area contributed by atoms with E-state index in [0.717, 1.165) is 12.8 Å². The smallest absolute Gasteiger partial charge is 0.325 e. The molecular formula is C13H17NO4. The summed E-state index contributed by atoms with van der Waals surface area (Å²) >= 11 is 0. The fourth-order valence-electron chi connectivity index (χ4n) is 1.91. The minimum absolute atomic E-state index is 0.134. The van der Waals surface area contributed by atoms with Crippen molar-refractivity contribution in [2.24, 2.45) is 5.73 Å². The van der Waals surface area contributed by atoms with Gasteiger partial charge >= 0.3 is 5.97 Å². The summed E-state index contributed by atoms with van der Waals surface area (Å²) in [5.74, 6) is -0.380. The van der Waals surface area contributed by atoms with Crippen molar-refractivity contribution in [3.63, 3.8) is 0 Å². The van der Waals surface area contributed by atoms with Gasteiger partial charge in [-0.2, -0.15) is 0 Å². The van der Waals surface area contributed by atoms with Crippen LogP contribution in [0.5, 0.6) is 5.75 Å². The van der Waals surface area contributed by atoms with Crippen molar-refractivity contribution in [3.8, 4) is 5.75 Å². The summed E-state index contributed by atoms with van der Waals surface area (Å²) < 4.78 is 11.1. The first kappa shape index (κ1) is 12.9. The van der Waals surface area contributed by atoms with E-state index in [2.05, 4.69) is 0 Å². The van der Waals surface area contributed by atoms with Gasteiger partial charge in [-0.25, -0.2) is 0 Å². The quantitative estimate of drug-likeness (QED) is 0.843. The molecule has 1 aromatic carbocycles. The predicted molar refractivity (Wildman–Crippen MR) is 65.5 cm³/mol. The number of rotatable bonds is 4. The van der Waals surface area contributed by atoms with Gasteiger partial charge < -0.3 is 20.3 Å². The van der Waals surface area contributed by atoms with Gasteiger partial charge in [-0.05, 0) is 17.7 Å². The Hall–Kier alpha value is -1.59. The molecule has 1 unspecified atom stereocenters. The van der Waals surface area contributed by atoms with Crippen LogP contribution in [0, 0.1) is 0 Å². The van der Waals surface area contributed by atoms with Gasteiger partial charge in [-0.3, -0.25) is 4.79 Å². The SMILES string of the molecule is NC(C(=O)O)c1cccc(OC2CCOCC2)c1. The van der Waals surface area contributed by atoms with Gasteiger partial charge in [0, 0.05) is 12.8 Å². The summed E-state index contributed by atoms with van der Waals surface area (Å²) in [5.41, 5.74) is 6.11. The second-order valence-corrected chi connectivity index (χ2v) is 4.32. The molecule has 5 heteroatoms.